The third-order valence-corrected chi connectivity index (χ3v) is 5.11. The summed E-state index contributed by atoms with van der Waals surface area (Å²) in [5.74, 6) is 0.223. The molecule has 3 aromatic carbocycles. The zero-order valence-electron chi connectivity index (χ0n) is 15.7. The highest BCUT2D eigenvalue weighted by Crippen LogP contribution is 2.38. The third kappa shape index (κ3) is 3.40. The highest BCUT2D eigenvalue weighted by molar-refractivity contribution is 6.31. The fraction of sp³-hybridized carbons (Fsp3) is 0.136. The molecule has 0 aliphatic carbocycles. The fourth-order valence-electron chi connectivity index (χ4n) is 3.34. The second kappa shape index (κ2) is 7.72. The first-order valence-electron chi connectivity index (χ1n) is 8.83. The Morgan fingerprint density at radius 3 is 2.45 bits per heavy atom. The molecule has 1 aromatic heterocycles. The van der Waals surface area contributed by atoms with Gasteiger partial charge in [0.15, 0.2) is 5.82 Å². The average molecular weight is 415 g/mol. The van der Waals surface area contributed by atoms with Gasteiger partial charge in [-0.15, -0.1) is 0 Å². The van der Waals surface area contributed by atoms with Crippen LogP contribution in [0.3, 0.4) is 0 Å². The molecule has 29 heavy (non-hydrogen) atoms. The van der Waals surface area contributed by atoms with Gasteiger partial charge in [-0.25, -0.2) is 8.78 Å². The van der Waals surface area contributed by atoms with Gasteiger partial charge in [-0.3, -0.25) is 4.68 Å². The van der Waals surface area contributed by atoms with Crippen LogP contribution in [0, 0.1) is 11.6 Å². The predicted octanol–water partition coefficient (Wildman–Crippen LogP) is 5.70. The van der Waals surface area contributed by atoms with Crippen molar-refractivity contribution in [2.24, 2.45) is 0 Å². The lowest BCUT2D eigenvalue weighted by Gasteiger charge is -2.14. The van der Waals surface area contributed by atoms with Crippen molar-refractivity contribution >= 4 is 22.5 Å². The third-order valence-electron chi connectivity index (χ3n) is 4.75. The standard InChI is InChI=1S/C22H17ClF2N2O2/c1-28-13-9-10-14(20(11-13)29-2)22-15-5-3-8-19(25)21(15)26-27(22)12-16-17(23)6-4-7-18(16)24/h3-11H,12H2,1-2H3. The molecule has 0 saturated carbocycles. The van der Waals surface area contributed by atoms with Crippen LogP contribution in [0.25, 0.3) is 22.2 Å². The van der Waals surface area contributed by atoms with Gasteiger partial charge < -0.3 is 9.47 Å². The topological polar surface area (TPSA) is 36.3 Å². The Morgan fingerprint density at radius 1 is 0.966 bits per heavy atom. The molecule has 0 unspecified atom stereocenters. The molecule has 0 aliphatic heterocycles. The van der Waals surface area contributed by atoms with Gasteiger partial charge in [-0.2, -0.15) is 5.10 Å². The van der Waals surface area contributed by atoms with E-state index in [2.05, 4.69) is 5.10 Å². The number of methoxy groups -OCH3 is 2. The molecular formula is C22H17ClF2N2O2. The molecule has 0 bridgehead atoms. The average Bonchev–Trinajstić information content (AvgIpc) is 3.09. The van der Waals surface area contributed by atoms with Crippen LogP contribution in [-0.2, 0) is 6.54 Å². The Kier molecular flexibility index (Phi) is 5.11. The largest absolute Gasteiger partial charge is 0.497 e. The van der Waals surface area contributed by atoms with Gasteiger partial charge in [0.2, 0.25) is 0 Å². The lowest BCUT2D eigenvalue weighted by atomic mass is 10.1. The second-order valence-corrected chi connectivity index (χ2v) is 6.82. The van der Waals surface area contributed by atoms with E-state index >= 15 is 0 Å². The molecule has 0 radical (unpaired) electrons. The van der Waals surface area contributed by atoms with Gasteiger partial charge in [0.1, 0.15) is 22.8 Å². The summed E-state index contributed by atoms with van der Waals surface area (Å²) >= 11 is 6.21. The molecule has 7 heteroatoms. The number of hydrogen-bond acceptors (Lipinski definition) is 3. The monoisotopic (exact) mass is 414 g/mol. The Hall–Kier alpha value is -3.12. The zero-order chi connectivity index (χ0) is 20.5. The van der Waals surface area contributed by atoms with Crippen LogP contribution >= 0.6 is 11.6 Å². The molecule has 148 valence electrons. The quantitative estimate of drug-likeness (QED) is 0.420. The van der Waals surface area contributed by atoms with E-state index in [0.717, 1.165) is 0 Å². The number of hydrogen-bond donors (Lipinski definition) is 0. The van der Waals surface area contributed by atoms with E-state index in [1.54, 1.807) is 48.2 Å². The Balaban J connectivity index is 1.98. The van der Waals surface area contributed by atoms with E-state index in [0.29, 0.717) is 28.1 Å². The smallest absolute Gasteiger partial charge is 0.151 e. The lowest BCUT2D eigenvalue weighted by molar-refractivity contribution is 0.395. The number of nitrogens with zero attached hydrogens (tertiary/aromatic N) is 2. The highest BCUT2D eigenvalue weighted by Gasteiger charge is 2.21. The number of benzene rings is 3. The first-order valence-corrected chi connectivity index (χ1v) is 9.21. The van der Waals surface area contributed by atoms with E-state index in [1.165, 1.54) is 25.3 Å². The van der Waals surface area contributed by atoms with Crippen LogP contribution in [0.1, 0.15) is 5.56 Å². The van der Waals surface area contributed by atoms with E-state index < -0.39 is 11.6 Å². The summed E-state index contributed by atoms with van der Waals surface area (Å²) in [7, 11) is 3.10. The minimum atomic E-state index is -0.463. The van der Waals surface area contributed by atoms with Crippen molar-refractivity contribution in [3.8, 4) is 22.8 Å². The Labute approximate surface area is 171 Å². The minimum absolute atomic E-state index is 0.0319. The van der Waals surface area contributed by atoms with Crippen LogP contribution in [0.2, 0.25) is 5.02 Å². The summed E-state index contributed by atoms with van der Waals surface area (Å²) in [5.41, 5.74) is 1.73. The molecule has 0 atom stereocenters. The second-order valence-electron chi connectivity index (χ2n) is 6.41. The molecule has 0 N–H and O–H groups in total. The normalized spacial score (nSPS) is 11.1. The first-order chi connectivity index (χ1) is 14.0. The summed E-state index contributed by atoms with van der Waals surface area (Å²) in [6, 6.07) is 14.5. The van der Waals surface area contributed by atoms with Crippen molar-refractivity contribution in [3.63, 3.8) is 0 Å². The molecule has 0 saturated heterocycles. The van der Waals surface area contributed by atoms with E-state index in [1.807, 2.05) is 0 Å². The van der Waals surface area contributed by atoms with Crippen LogP contribution < -0.4 is 9.47 Å². The fourth-order valence-corrected chi connectivity index (χ4v) is 3.57. The SMILES string of the molecule is COc1ccc(-c2c3cccc(F)c3nn2Cc2c(F)cccc2Cl)c(OC)c1. The number of ether oxygens (including phenoxy) is 2. The highest BCUT2D eigenvalue weighted by atomic mass is 35.5. The van der Waals surface area contributed by atoms with Crippen LogP contribution in [0.15, 0.2) is 54.6 Å². The molecular weight excluding hydrogens is 398 g/mol. The molecule has 0 amide bonds. The van der Waals surface area contributed by atoms with Crippen molar-refractivity contribution in [2.45, 2.75) is 6.54 Å². The van der Waals surface area contributed by atoms with Crippen molar-refractivity contribution in [1.29, 1.82) is 0 Å². The maximum absolute atomic E-state index is 14.5. The van der Waals surface area contributed by atoms with Gasteiger partial charge in [0.05, 0.1) is 26.5 Å². The van der Waals surface area contributed by atoms with Gasteiger partial charge in [-0.1, -0.05) is 29.8 Å². The number of rotatable bonds is 5. The molecule has 0 fully saturated rings. The molecule has 0 aliphatic rings. The van der Waals surface area contributed by atoms with Crippen molar-refractivity contribution in [3.05, 3.63) is 76.8 Å². The van der Waals surface area contributed by atoms with E-state index in [9.17, 15) is 8.78 Å². The summed E-state index contributed by atoms with van der Waals surface area (Å²) < 4.78 is 41.2. The Morgan fingerprint density at radius 2 is 1.72 bits per heavy atom. The summed E-state index contributed by atoms with van der Waals surface area (Å²) in [6.07, 6.45) is 0. The Bertz CT molecular complexity index is 1190. The number of halogens is 3. The predicted molar refractivity (Wildman–Crippen MR) is 109 cm³/mol. The maximum Gasteiger partial charge on any atom is 0.151 e. The number of aromatic nitrogens is 2. The van der Waals surface area contributed by atoms with Gasteiger partial charge in [0.25, 0.3) is 0 Å². The molecule has 4 nitrogen and oxygen atoms in total. The van der Waals surface area contributed by atoms with Crippen molar-refractivity contribution in [2.75, 3.05) is 14.2 Å². The maximum atomic E-state index is 14.5. The zero-order valence-corrected chi connectivity index (χ0v) is 16.5. The molecule has 1 heterocycles. The minimum Gasteiger partial charge on any atom is -0.497 e. The van der Waals surface area contributed by atoms with Crippen LogP contribution in [0.5, 0.6) is 11.5 Å². The molecule has 0 spiro atoms. The molecule has 4 rings (SSSR count). The van der Waals surface area contributed by atoms with Crippen molar-refractivity contribution in [1.82, 2.24) is 9.78 Å². The van der Waals surface area contributed by atoms with Crippen molar-refractivity contribution < 1.29 is 18.3 Å². The molecule has 4 aromatic rings. The van der Waals surface area contributed by atoms with E-state index in [-0.39, 0.29) is 22.6 Å². The van der Waals surface area contributed by atoms with Gasteiger partial charge >= 0.3 is 0 Å². The number of fused-ring (bicyclic) bond motifs is 1. The van der Waals surface area contributed by atoms with Gasteiger partial charge in [0, 0.05) is 27.6 Å². The summed E-state index contributed by atoms with van der Waals surface area (Å²) in [6.45, 7) is 0.0319. The summed E-state index contributed by atoms with van der Waals surface area (Å²) in [5, 5.41) is 5.27. The van der Waals surface area contributed by atoms with Crippen LogP contribution in [-0.4, -0.2) is 24.0 Å². The van der Waals surface area contributed by atoms with Crippen LogP contribution in [0.4, 0.5) is 8.78 Å². The van der Waals surface area contributed by atoms with E-state index in [4.69, 9.17) is 21.1 Å². The first kappa shape index (κ1) is 19.2. The summed E-state index contributed by atoms with van der Waals surface area (Å²) in [4.78, 5) is 0. The lowest BCUT2D eigenvalue weighted by Crippen LogP contribution is -2.07. The van der Waals surface area contributed by atoms with Gasteiger partial charge in [-0.05, 0) is 30.3 Å².